The average Bonchev–Trinajstić information content (AvgIpc) is 2.87. The molecule has 0 aliphatic rings. The van der Waals surface area contributed by atoms with Gasteiger partial charge in [-0.1, -0.05) is 61.5 Å². The molecule has 0 radical (unpaired) electrons. The number of anilines is 1. The first-order valence-corrected chi connectivity index (χ1v) is 11.6. The standard InChI is InChI=1S/C29H28N2O4/c1-5-24(27(32)30-21-16-15-18(2)19(3)17-21)35-29(34)26-25(20-11-7-6-8-12-20)22-13-9-10-14-23(22)28(33)31(26)4/h6-17,24H,5H2,1-4H3,(H,30,32). The number of amides is 1. The molecule has 0 bridgehead atoms. The third-order valence-corrected chi connectivity index (χ3v) is 6.25. The summed E-state index contributed by atoms with van der Waals surface area (Å²) >= 11 is 0. The smallest absolute Gasteiger partial charge is 0.356 e. The normalized spacial score (nSPS) is 11.8. The lowest BCUT2D eigenvalue weighted by Crippen LogP contribution is -2.34. The van der Waals surface area contributed by atoms with Crippen molar-refractivity contribution >= 4 is 28.3 Å². The minimum atomic E-state index is -1.02. The van der Waals surface area contributed by atoms with Crippen LogP contribution in [0.5, 0.6) is 0 Å². The zero-order valence-electron chi connectivity index (χ0n) is 20.3. The summed E-state index contributed by atoms with van der Waals surface area (Å²) in [5, 5.41) is 3.99. The number of aryl methyl sites for hydroxylation is 2. The summed E-state index contributed by atoms with van der Waals surface area (Å²) in [6.07, 6.45) is -0.737. The molecule has 35 heavy (non-hydrogen) atoms. The first-order valence-electron chi connectivity index (χ1n) is 11.6. The van der Waals surface area contributed by atoms with Gasteiger partial charge in [0.1, 0.15) is 5.69 Å². The van der Waals surface area contributed by atoms with Crippen LogP contribution < -0.4 is 10.9 Å². The lowest BCUT2D eigenvalue weighted by molar-refractivity contribution is -0.124. The fraction of sp³-hybridized carbons (Fsp3) is 0.207. The van der Waals surface area contributed by atoms with Crippen molar-refractivity contribution in [2.75, 3.05) is 5.32 Å². The van der Waals surface area contributed by atoms with E-state index in [1.165, 1.54) is 4.57 Å². The fourth-order valence-corrected chi connectivity index (χ4v) is 4.15. The van der Waals surface area contributed by atoms with Crippen molar-refractivity contribution in [3.8, 4) is 11.1 Å². The van der Waals surface area contributed by atoms with Crippen LogP contribution >= 0.6 is 0 Å². The number of rotatable bonds is 6. The van der Waals surface area contributed by atoms with E-state index in [0.717, 1.165) is 16.7 Å². The van der Waals surface area contributed by atoms with E-state index in [2.05, 4.69) is 5.32 Å². The highest BCUT2D eigenvalue weighted by Crippen LogP contribution is 2.31. The second-order valence-electron chi connectivity index (χ2n) is 8.59. The van der Waals surface area contributed by atoms with E-state index < -0.39 is 18.0 Å². The third-order valence-electron chi connectivity index (χ3n) is 6.25. The molecule has 1 heterocycles. The zero-order valence-corrected chi connectivity index (χ0v) is 20.3. The summed E-state index contributed by atoms with van der Waals surface area (Å²) in [7, 11) is 1.55. The number of hydrogen-bond acceptors (Lipinski definition) is 4. The number of pyridine rings is 1. The van der Waals surface area contributed by atoms with E-state index >= 15 is 0 Å². The average molecular weight is 469 g/mol. The molecule has 1 amide bonds. The molecule has 178 valence electrons. The lowest BCUT2D eigenvalue weighted by atomic mass is 9.97. The van der Waals surface area contributed by atoms with E-state index in [1.54, 1.807) is 26.1 Å². The number of carbonyl (C=O) groups excluding carboxylic acids is 2. The van der Waals surface area contributed by atoms with Gasteiger partial charge in [0.2, 0.25) is 0 Å². The Morgan fingerprint density at radius 2 is 1.57 bits per heavy atom. The summed E-state index contributed by atoms with van der Waals surface area (Å²) in [6, 6.07) is 22.2. The molecule has 1 N–H and O–H groups in total. The monoisotopic (exact) mass is 468 g/mol. The Balaban J connectivity index is 1.73. The van der Waals surface area contributed by atoms with Gasteiger partial charge in [0.05, 0.1) is 0 Å². The van der Waals surface area contributed by atoms with E-state index in [4.69, 9.17) is 4.74 Å². The minimum absolute atomic E-state index is 0.109. The van der Waals surface area contributed by atoms with E-state index in [9.17, 15) is 14.4 Å². The van der Waals surface area contributed by atoms with Gasteiger partial charge in [0, 0.05) is 23.7 Å². The van der Waals surface area contributed by atoms with Crippen LogP contribution in [-0.2, 0) is 16.6 Å². The van der Waals surface area contributed by atoms with Gasteiger partial charge in [-0.3, -0.25) is 9.59 Å². The van der Waals surface area contributed by atoms with Crippen LogP contribution in [-0.4, -0.2) is 22.5 Å². The number of ether oxygens (including phenoxy) is 1. The molecule has 1 unspecified atom stereocenters. The first-order chi connectivity index (χ1) is 16.8. The predicted octanol–water partition coefficient (Wildman–Crippen LogP) is 5.40. The summed E-state index contributed by atoms with van der Waals surface area (Å²) in [6.45, 7) is 5.73. The van der Waals surface area contributed by atoms with Gasteiger partial charge >= 0.3 is 5.97 Å². The highest BCUT2D eigenvalue weighted by molar-refractivity contribution is 6.07. The van der Waals surface area contributed by atoms with Gasteiger partial charge in [-0.05, 0) is 60.5 Å². The lowest BCUT2D eigenvalue weighted by Gasteiger charge is -2.20. The molecule has 6 nitrogen and oxygen atoms in total. The van der Waals surface area contributed by atoms with Crippen molar-refractivity contribution in [2.45, 2.75) is 33.3 Å². The van der Waals surface area contributed by atoms with Gasteiger partial charge in [0.15, 0.2) is 6.10 Å². The van der Waals surface area contributed by atoms with Crippen molar-refractivity contribution in [1.29, 1.82) is 0 Å². The van der Waals surface area contributed by atoms with Crippen molar-refractivity contribution in [3.63, 3.8) is 0 Å². The van der Waals surface area contributed by atoms with Crippen molar-refractivity contribution in [3.05, 3.63) is 100.0 Å². The molecule has 6 heteroatoms. The zero-order chi connectivity index (χ0) is 25.1. The number of hydrogen-bond donors (Lipinski definition) is 1. The molecule has 0 saturated carbocycles. The molecule has 3 aromatic carbocycles. The van der Waals surface area contributed by atoms with Crippen LogP contribution in [0.15, 0.2) is 77.6 Å². The number of nitrogens with one attached hydrogen (secondary N) is 1. The highest BCUT2D eigenvalue weighted by atomic mass is 16.5. The minimum Gasteiger partial charge on any atom is -0.448 e. The molecule has 0 spiro atoms. The van der Waals surface area contributed by atoms with Gasteiger partial charge in [0.25, 0.3) is 11.5 Å². The molecule has 4 aromatic rings. The Kier molecular flexibility index (Phi) is 6.82. The molecule has 1 aromatic heterocycles. The second kappa shape index (κ2) is 9.97. The Morgan fingerprint density at radius 3 is 2.23 bits per heavy atom. The highest BCUT2D eigenvalue weighted by Gasteiger charge is 2.27. The van der Waals surface area contributed by atoms with Crippen LogP contribution in [0.25, 0.3) is 21.9 Å². The van der Waals surface area contributed by atoms with Gasteiger partial charge in [-0.25, -0.2) is 4.79 Å². The molecule has 0 aliphatic carbocycles. The second-order valence-corrected chi connectivity index (χ2v) is 8.59. The van der Waals surface area contributed by atoms with E-state index in [-0.39, 0.29) is 17.7 Å². The first kappa shape index (κ1) is 24.0. The van der Waals surface area contributed by atoms with Crippen LogP contribution in [0.1, 0.15) is 35.0 Å². The van der Waals surface area contributed by atoms with E-state index in [1.807, 2.05) is 74.5 Å². The maximum Gasteiger partial charge on any atom is 0.356 e. The maximum atomic E-state index is 13.5. The molecule has 1 atom stereocenters. The number of esters is 1. The summed E-state index contributed by atoms with van der Waals surface area (Å²) < 4.78 is 7.02. The fourth-order valence-electron chi connectivity index (χ4n) is 4.15. The SMILES string of the molecule is CCC(OC(=O)c1c(-c2ccccc2)c2ccccc2c(=O)n1C)C(=O)Nc1ccc(C)c(C)c1. The molecular weight excluding hydrogens is 440 g/mol. The number of nitrogens with zero attached hydrogens (tertiary/aromatic N) is 1. The van der Waals surface area contributed by atoms with Gasteiger partial charge in [-0.2, -0.15) is 0 Å². The quantitative estimate of drug-likeness (QED) is 0.385. The van der Waals surface area contributed by atoms with Gasteiger partial charge in [-0.15, -0.1) is 0 Å². The largest absolute Gasteiger partial charge is 0.448 e. The van der Waals surface area contributed by atoms with Crippen LogP contribution in [0, 0.1) is 13.8 Å². The number of aromatic nitrogens is 1. The summed E-state index contributed by atoms with van der Waals surface area (Å²) in [5.74, 6) is -1.15. The Bertz CT molecular complexity index is 1470. The molecule has 4 rings (SSSR count). The van der Waals surface area contributed by atoms with Crippen LogP contribution in [0.3, 0.4) is 0 Å². The van der Waals surface area contributed by atoms with Crippen LogP contribution in [0.2, 0.25) is 0 Å². The number of benzene rings is 3. The van der Waals surface area contributed by atoms with Crippen LogP contribution in [0.4, 0.5) is 5.69 Å². The molecule has 0 saturated heterocycles. The molecule has 0 fully saturated rings. The Morgan fingerprint density at radius 1 is 0.914 bits per heavy atom. The van der Waals surface area contributed by atoms with Crippen molar-refractivity contribution in [2.24, 2.45) is 7.05 Å². The van der Waals surface area contributed by atoms with Gasteiger partial charge < -0.3 is 14.6 Å². The molecular formula is C29H28N2O4. The predicted molar refractivity (Wildman–Crippen MR) is 139 cm³/mol. The maximum absolute atomic E-state index is 13.5. The van der Waals surface area contributed by atoms with Crippen molar-refractivity contribution < 1.29 is 14.3 Å². The summed E-state index contributed by atoms with van der Waals surface area (Å²) in [5.41, 5.74) is 3.98. The van der Waals surface area contributed by atoms with Crippen molar-refractivity contribution in [1.82, 2.24) is 4.57 Å². The Labute approximate surface area is 204 Å². The number of fused-ring (bicyclic) bond motifs is 1. The molecule has 0 aliphatic heterocycles. The third kappa shape index (κ3) is 4.73. The number of carbonyl (C=O) groups is 2. The Hall–Kier alpha value is -4.19. The van der Waals surface area contributed by atoms with E-state index in [0.29, 0.717) is 22.0 Å². The summed E-state index contributed by atoms with van der Waals surface area (Å²) in [4.78, 5) is 39.6. The topological polar surface area (TPSA) is 77.4 Å².